The van der Waals surface area contributed by atoms with Crippen molar-refractivity contribution >= 4 is 0 Å². The summed E-state index contributed by atoms with van der Waals surface area (Å²) in [6.45, 7) is 4.44. The molecule has 50 valence electrons. The Morgan fingerprint density at radius 2 is 1.89 bits per heavy atom. The quantitative estimate of drug-likeness (QED) is 0.504. The predicted molar refractivity (Wildman–Crippen MR) is 34.3 cm³/mol. The first-order chi connectivity index (χ1) is 4.16. The van der Waals surface area contributed by atoms with Gasteiger partial charge in [-0.3, -0.25) is 0 Å². The van der Waals surface area contributed by atoms with Gasteiger partial charge in [0.2, 0.25) is 0 Å². The van der Waals surface area contributed by atoms with E-state index in [1.165, 1.54) is 13.0 Å². The Kier molecular flexibility index (Phi) is 3.60. The molecule has 0 N–H and O–H groups in total. The molecule has 0 bridgehead atoms. The van der Waals surface area contributed by atoms with Crippen LogP contribution < -0.4 is 0 Å². The average molecular weight is 130 g/mol. The summed E-state index contributed by atoms with van der Waals surface area (Å²) in [4.78, 5) is 0. The molecule has 0 spiro atoms. The Balaban J connectivity index is 3.86. The highest BCUT2D eigenvalue weighted by Gasteiger charge is 1.82. The molecule has 0 unspecified atom stereocenters. The summed E-state index contributed by atoms with van der Waals surface area (Å²) in [5.74, 6) is -1.11. The van der Waals surface area contributed by atoms with Crippen LogP contribution in [0.4, 0.5) is 8.78 Å². The van der Waals surface area contributed by atoms with Gasteiger partial charge in [-0.25, -0.2) is 8.78 Å². The van der Waals surface area contributed by atoms with Gasteiger partial charge in [-0.15, -0.1) is 0 Å². The first-order valence-corrected chi connectivity index (χ1v) is 2.51. The van der Waals surface area contributed by atoms with E-state index in [1.54, 1.807) is 0 Å². The number of rotatable bonds is 2. The summed E-state index contributed by atoms with van der Waals surface area (Å²) < 4.78 is 23.8. The van der Waals surface area contributed by atoms with Crippen molar-refractivity contribution in [2.24, 2.45) is 0 Å². The van der Waals surface area contributed by atoms with Gasteiger partial charge >= 0.3 is 0 Å². The lowest BCUT2D eigenvalue weighted by Gasteiger charge is -1.80. The van der Waals surface area contributed by atoms with E-state index in [-0.39, 0.29) is 0 Å². The van der Waals surface area contributed by atoms with Crippen molar-refractivity contribution in [1.29, 1.82) is 0 Å². The van der Waals surface area contributed by atoms with Gasteiger partial charge in [-0.2, -0.15) is 0 Å². The van der Waals surface area contributed by atoms with Crippen molar-refractivity contribution in [2.75, 3.05) is 0 Å². The molecule has 0 aliphatic rings. The van der Waals surface area contributed by atoms with Crippen molar-refractivity contribution in [3.63, 3.8) is 0 Å². The highest BCUT2D eigenvalue weighted by atomic mass is 19.1. The van der Waals surface area contributed by atoms with E-state index in [9.17, 15) is 8.78 Å². The van der Waals surface area contributed by atoms with Crippen LogP contribution in [0.3, 0.4) is 0 Å². The predicted octanol–water partition coefficient (Wildman–Crippen LogP) is 2.90. The van der Waals surface area contributed by atoms with Crippen LogP contribution in [0.15, 0.2) is 36.5 Å². The minimum absolute atomic E-state index is 0.464. The Labute approximate surface area is 53.2 Å². The molecule has 0 rings (SSSR count). The molecule has 0 saturated heterocycles. The van der Waals surface area contributed by atoms with Crippen LogP contribution in [0.25, 0.3) is 0 Å². The fourth-order valence-electron chi connectivity index (χ4n) is 0.266. The number of halogens is 2. The maximum atomic E-state index is 12.1. The molecule has 0 aliphatic carbocycles. The molecule has 9 heavy (non-hydrogen) atoms. The monoisotopic (exact) mass is 130 g/mol. The summed E-state index contributed by atoms with van der Waals surface area (Å²) in [5.41, 5.74) is 0. The van der Waals surface area contributed by atoms with Crippen LogP contribution >= 0.6 is 0 Å². The summed E-state index contributed by atoms with van der Waals surface area (Å²) in [6.07, 6.45) is 3.22. The molecule has 0 atom stereocenters. The molecule has 0 heterocycles. The molecule has 0 aromatic heterocycles. The van der Waals surface area contributed by atoms with E-state index in [4.69, 9.17) is 0 Å². The van der Waals surface area contributed by atoms with Gasteiger partial charge in [0.25, 0.3) is 0 Å². The Bertz CT molecular complexity index is 154. The third kappa shape index (κ3) is 4.94. The second-order valence-corrected chi connectivity index (χ2v) is 1.45. The molecule has 0 saturated carbocycles. The van der Waals surface area contributed by atoms with Gasteiger partial charge in [-0.05, 0) is 19.1 Å². The first-order valence-electron chi connectivity index (χ1n) is 2.51. The van der Waals surface area contributed by atoms with E-state index in [1.807, 2.05) is 0 Å². The molecule has 0 fully saturated rings. The van der Waals surface area contributed by atoms with Crippen molar-refractivity contribution < 1.29 is 8.78 Å². The highest BCUT2D eigenvalue weighted by molar-refractivity contribution is 5.17. The van der Waals surface area contributed by atoms with E-state index in [0.717, 1.165) is 12.2 Å². The van der Waals surface area contributed by atoms with Crippen LogP contribution in [-0.4, -0.2) is 0 Å². The van der Waals surface area contributed by atoms with Crippen molar-refractivity contribution in [3.05, 3.63) is 36.5 Å². The summed E-state index contributed by atoms with van der Waals surface area (Å²) in [6, 6.07) is 0. The maximum absolute atomic E-state index is 12.1. The van der Waals surface area contributed by atoms with Crippen molar-refractivity contribution in [1.82, 2.24) is 0 Å². The Hall–Kier alpha value is -0.920. The lowest BCUT2D eigenvalue weighted by Crippen LogP contribution is -1.62. The summed E-state index contributed by atoms with van der Waals surface area (Å²) in [7, 11) is 0. The van der Waals surface area contributed by atoms with Crippen LogP contribution in [-0.2, 0) is 0 Å². The third-order valence-electron chi connectivity index (χ3n) is 0.699. The average Bonchev–Trinajstić information content (AvgIpc) is 1.83. The topological polar surface area (TPSA) is 0 Å². The molecule has 0 radical (unpaired) electrons. The van der Waals surface area contributed by atoms with Gasteiger partial charge in [0, 0.05) is 0 Å². The zero-order chi connectivity index (χ0) is 7.28. The lowest BCUT2D eigenvalue weighted by molar-refractivity contribution is 0.653. The standard InChI is InChI=1S/C7H8F2/c1-3-7(9)5-4-6(2)8/h3-5H,2H2,1H3/b5-4-,7-3+. The maximum Gasteiger partial charge on any atom is 0.119 e. The third-order valence-corrected chi connectivity index (χ3v) is 0.699. The van der Waals surface area contributed by atoms with Gasteiger partial charge in [0.05, 0.1) is 0 Å². The molecule has 0 aliphatic heterocycles. The SMILES string of the molecule is C=C(F)/C=C\C(F)=C/C. The van der Waals surface area contributed by atoms with Gasteiger partial charge in [0.15, 0.2) is 0 Å². The lowest BCUT2D eigenvalue weighted by atomic mass is 10.4. The second-order valence-electron chi connectivity index (χ2n) is 1.45. The molecule has 2 heteroatoms. The van der Waals surface area contributed by atoms with Crippen LogP contribution in [0.2, 0.25) is 0 Å². The largest absolute Gasteiger partial charge is 0.208 e. The van der Waals surface area contributed by atoms with Crippen molar-refractivity contribution in [3.8, 4) is 0 Å². The van der Waals surface area contributed by atoms with Crippen molar-refractivity contribution in [2.45, 2.75) is 6.92 Å². The van der Waals surface area contributed by atoms with Gasteiger partial charge in [0.1, 0.15) is 11.7 Å². The summed E-state index contributed by atoms with van der Waals surface area (Å²) in [5, 5.41) is 0. The molecule has 0 nitrogen and oxygen atoms in total. The minimum Gasteiger partial charge on any atom is -0.208 e. The van der Waals surface area contributed by atoms with Crippen LogP contribution in [0, 0.1) is 0 Å². The van der Waals surface area contributed by atoms with Crippen LogP contribution in [0.5, 0.6) is 0 Å². The van der Waals surface area contributed by atoms with E-state index < -0.39 is 11.7 Å². The molecule has 0 aromatic carbocycles. The zero-order valence-corrected chi connectivity index (χ0v) is 5.20. The van der Waals surface area contributed by atoms with E-state index in [0.29, 0.717) is 0 Å². The molecular weight excluding hydrogens is 122 g/mol. The smallest absolute Gasteiger partial charge is 0.119 e. The minimum atomic E-state index is -0.646. The highest BCUT2D eigenvalue weighted by Crippen LogP contribution is 2.01. The van der Waals surface area contributed by atoms with Gasteiger partial charge in [-0.1, -0.05) is 12.7 Å². The van der Waals surface area contributed by atoms with Gasteiger partial charge < -0.3 is 0 Å². The van der Waals surface area contributed by atoms with Crippen LogP contribution in [0.1, 0.15) is 6.92 Å². The Morgan fingerprint density at radius 1 is 1.33 bits per heavy atom. The number of hydrogen-bond donors (Lipinski definition) is 0. The molecule has 0 amide bonds. The summed E-state index contributed by atoms with van der Waals surface area (Å²) >= 11 is 0. The van der Waals surface area contributed by atoms with E-state index >= 15 is 0 Å². The second kappa shape index (κ2) is 4.01. The fraction of sp³-hybridized carbons (Fsp3) is 0.143. The normalized spacial score (nSPS) is 12.6. The zero-order valence-electron chi connectivity index (χ0n) is 5.20. The number of allylic oxidation sites excluding steroid dienone is 5. The first kappa shape index (κ1) is 8.08. The molecular formula is C7H8F2. The Morgan fingerprint density at radius 3 is 2.22 bits per heavy atom. The van der Waals surface area contributed by atoms with E-state index in [2.05, 4.69) is 6.58 Å². The molecule has 0 aromatic rings. The fourth-order valence-corrected chi connectivity index (χ4v) is 0.266. The number of hydrogen-bond acceptors (Lipinski definition) is 0.